The number of carbonyl (C=O) groups is 2. The van der Waals surface area contributed by atoms with E-state index in [1.165, 1.54) is 25.8 Å². The number of nitrogens with two attached hydrogens (primary N) is 1. The third-order valence-electron chi connectivity index (χ3n) is 12.3. The number of para-hydroxylation sites is 1. The highest BCUT2D eigenvalue weighted by atomic mass is 32.2. The van der Waals surface area contributed by atoms with E-state index in [1.807, 2.05) is 63.2 Å². The van der Waals surface area contributed by atoms with Crippen LogP contribution < -0.4 is 30.0 Å². The Labute approximate surface area is 334 Å². The topological polar surface area (TPSA) is 182 Å². The number of phenols is 1. The van der Waals surface area contributed by atoms with Crippen LogP contribution in [0.2, 0.25) is 0 Å². The van der Waals surface area contributed by atoms with Gasteiger partial charge in [-0.25, -0.2) is 4.79 Å². The molecule has 1 aromatic heterocycles. The maximum atomic E-state index is 15.0. The Bertz CT molecular complexity index is 2390. The molecule has 6 aliphatic rings. The fraction of sp³-hybridized carbons (Fsp3) is 0.452. The fourth-order valence-electron chi connectivity index (χ4n) is 10.1. The number of hydrogen-bond acceptors (Lipinski definition) is 15. The molecule has 4 N–H and O–H groups in total. The third-order valence-corrected chi connectivity index (χ3v) is 13.8. The summed E-state index contributed by atoms with van der Waals surface area (Å²) in [7, 11) is 5.41. The Morgan fingerprint density at radius 3 is 2.63 bits per heavy atom. The van der Waals surface area contributed by atoms with Crippen molar-refractivity contribution >= 4 is 34.7 Å². The third kappa shape index (κ3) is 5.45. The summed E-state index contributed by atoms with van der Waals surface area (Å²) in [4.78, 5) is 32.2. The van der Waals surface area contributed by atoms with Crippen LogP contribution in [0.1, 0.15) is 69.0 Å². The molecule has 3 aromatic carbocycles. The number of hydrogen-bond donors (Lipinski definition) is 3. The van der Waals surface area contributed by atoms with Crippen molar-refractivity contribution in [2.75, 3.05) is 46.9 Å². The Hall–Kier alpha value is -4.98. The van der Waals surface area contributed by atoms with Gasteiger partial charge < -0.3 is 43.8 Å². The lowest BCUT2D eigenvalue weighted by Gasteiger charge is -2.53. The normalized spacial score (nSPS) is 27.5. The average Bonchev–Trinajstić information content (AvgIpc) is 3.80. The van der Waals surface area contributed by atoms with Crippen molar-refractivity contribution in [1.29, 1.82) is 5.26 Å². The summed E-state index contributed by atoms with van der Waals surface area (Å²) in [6.45, 7) is 5.05. The van der Waals surface area contributed by atoms with Gasteiger partial charge in [0.25, 0.3) is 0 Å². The number of aromatic hydroxyl groups is 1. The van der Waals surface area contributed by atoms with Crippen LogP contribution in [0.4, 0.5) is 0 Å². The van der Waals surface area contributed by atoms with E-state index < -0.39 is 46.9 Å². The van der Waals surface area contributed by atoms with Gasteiger partial charge in [-0.1, -0.05) is 24.3 Å². The molecule has 15 heteroatoms. The van der Waals surface area contributed by atoms with Crippen molar-refractivity contribution in [3.05, 3.63) is 75.0 Å². The molecule has 0 amide bonds. The van der Waals surface area contributed by atoms with Gasteiger partial charge in [0.15, 0.2) is 28.5 Å². The number of nitrogens with zero attached hydrogens (tertiary/aromatic N) is 3. The summed E-state index contributed by atoms with van der Waals surface area (Å²) >= 11 is 1.47. The smallest absolute Gasteiger partial charge is 0.335 e. The van der Waals surface area contributed by atoms with Crippen molar-refractivity contribution < 1.29 is 42.8 Å². The monoisotopic (exact) mass is 795 g/mol. The second-order valence-electron chi connectivity index (χ2n) is 15.7. The molecule has 57 heavy (non-hydrogen) atoms. The van der Waals surface area contributed by atoms with E-state index in [0.717, 1.165) is 22.1 Å². The molecule has 0 aliphatic carbocycles. The molecule has 0 radical (unpaired) electrons. The summed E-state index contributed by atoms with van der Waals surface area (Å²) in [6, 6.07) is 9.33. The minimum Gasteiger partial charge on any atom is -0.504 e. The van der Waals surface area contributed by atoms with Crippen molar-refractivity contribution in [3.63, 3.8) is 0 Å². The maximum absolute atomic E-state index is 15.0. The van der Waals surface area contributed by atoms with E-state index >= 15 is 4.79 Å². The first kappa shape index (κ1) is 37.6. The van der Waals surface area contributed by atoms with Gasteiger partial charge in [-0.05, 0) is 51.6 Å². The standard InChI is InChI=1S/C42H45N5O9S/c1-19-11-22-12-24(15-44)47-27-16-52-41(50)42(40-26(13-23(14-43)45-42)25-9-7-8-10-28(25)56-40)17-57-39(33(47)32(46(4)5)29(22)34(49)35(19)51-6)31-30(27)38-37(53-18-54-38)20(2)36(31)55-21(3)48/h7-11,23-24,27,32-33,39,45,49H,12-14,16-18,43H2,1-6H3/t23-,24?,27+,32+,33-,39-,42-/m1/s1. The number of esters is 2. The van der Waals surface area contributed by atoms with E-state index in [2.05, 4.69) is 16.3 Å². The number of methoxy groups -OCH3 is 1. The molecule has 4 aromatic rings. The molecule has 7 heterocycles. The molecule has 0 saturated carbocycles. The molecule has 1 fully saturated rings. The number of nitriles is 1. The number of carbonyl (C=O) groups excluding carboxylic acids is 2. The van der Waals surface area contributed by atoms with E-state index in [4.69, 9.17) is 33.8 Å². The number of thioether (sulfide) groups is 1. The van der Waals surface area contributed by atoms with Crippen LogP contribution >= 0.6 is 11.8 Å². The predicted molar refractivity (Wildman–Crippen MR) is 210 cm³/mol. The van der Waals surface area contributed by atoms with Crippen LogP contribution in [0.3, 0.4) is 0 Å². The predicted octanol–water partition coefficient (Wildman–Crippen LogP) is 4.59. The molecular formula is C42H45N5O9S. The number of benzene rings is 3. The van der Waals surface area contributed by atoms with Crippen LogP contribution in [-0.4, -0.2) is 91.9 Å². The van der Waals surface area contributed by atoms with E-state index in [-0.39, 0.29) is 43.9 Å². The lowest BCUT2D eigenvalue weighted by atomic mass is 9.80. The van der Waals surface area contributed by atoms with E-state index in [0.29, 0.717) is 63.0 Å². The molecule has 6 aliphatic heterocycles. The van der Waals surface area contributed by atoms with Crippen LogP contribution in [0.15, 0.2) is 34.7 Å². The fourth-order valence-corrected chi connectivity index (χ4v) is 11.7. The highest BCUT2D eigenvalue weighted by Crippen LogP contribution is 2.63. The van der Waals surface area contributed by atoms with Gasteiger partial charge in [0.05, 0.1) is 30.5 Å². The Kier molecular flexibility index (Phi) is 9.13. The SMILES string of the molecule is COc1c(C)cc2c(c1O)[C@H](N(C)C)[C@@H]1[C@@H]3SC[C@]4(N[C@@H](CN)Cc5c4oc4ccccc54)C(=O)OC[C@@H](c4c5c(c(C)c(OC(C)=O)c43)OCO5)N1C(C#N)C2. The van der Waals surface area contributed by atoms with Gasteiger partial charge in [-0.3, -0.25) is 15.0 Å². The molecule has 1 unspecified atom stereocenters. The molecule has 1 spiro atoms. The summed E-state index contributed by atoms with van der Waals surface area (Å²) in [5.74, 6) is 1.09. The summed E-state index contributed by atoms with van der Waals surface area (Å²) in [5.41, 5.74) is 10.5. The summed E-state index contributed by atoms with van der Waals surface area (Å²) in [5, 5.41) is 27.2. The van der Waals surface area contributed by atoms with E-state index in [1.54, 1.807) is 0 Å². The number of likely N-dealkylation sites (N-methyl/N-ethyl adjacent to an activating group) is 1. The van der Waals surface area contributed by atoms with Gasteiger partial charge in [0.2, 0.25) is 6.79 Å². The maximum Gasteiger partial charge on any atom is 0.335 e. The first-order valence-electron chi connectivity index (χ1n) is 19.1. The quantitative estimate of drug-likeness (QED) is 0.193. The Balaban J connectivity index is 1.35. The summed E-state index contributed by atoms with van der Waals surface area (Å²) in [6.07, 6.45) is 0.813. The Morgan fingerprint density at radius 2 is 1.91 bits per heavy atom. The summed E-state index contributed by atoms with van der Waals surface area (Å²) < 4.78 is 37.4. The van der Waals surface area contributed by atoms with Gasteiger partial charge in [-0.2, -0.15) is 5.26 Å². The van der Waals surface area contributed by atoms with Crippen molar-refractivity contribution in [1.82, 2.24) is 15.1 Å². The number of rotatable bonds is 4. The average molecular weight is 796 g/mol. The molecule has 298 valence electrons. The lowest BCUT2D eigenvalue weighted by molar-refractivity contribution is -0.156. The van der Waals surface area contributed by atoms with Crippen molar-refractivity contribution in [2.45, 2.75) is 74.6 Å². The number of nitrogens with one attached hydrogen (secondary N) is 1. The van der Waals surface area contributed by atoms with Crippen molar-refractivity contribution in [2.24, 2.45) is 5.73 Å². The molecule has 1 saturated heterocycles. The largest absolute Gasteiger partial charge is 0.504 e. The zero-order valence-corrected chi connectivity index (χ0v) is 33.5. The number of furan rings is 1. The minimum absolute atomic E-state index is 0.000409. The van der Waals surface area contributed by atoms with Crippen LogP contribution in [0, 0.1) is 25.2 Å². The zero-order valence-electron chi connectivity index (χ0n) is 32.6. The van der Waals surface area contributed by atoms with Crippen LogP contribution in [-0.2, 0) is 32.7 Å². The zero-order chi connectivity index (χ0) is 40.1. The van der Waals surface area contributed by atoms with Crippen molar-refractivity contribution in [3.8, 4) is 34.8 Å². The molecule has 7 atom stereocenters. The first-order valence-corrected chi connectivity index (χ1v) is 20.1. The molecule has 2 bridgehead atoms. The van der Waals surface area contributed by atoms with Gasteiger partial charge in [0, 0.05) is 70.9 Å². The number of aryl methyl sites for hydroxylation is 1. The van der Waals surface area contributed by atoms with Gasteiger partial charge >= 0.3 is 11.9 Å². The number of phenolic OH excluding ortho intramolecular Hbond substituents is 1. The number of fused-ring (bicyclic) bond motifs is 8. The highest BCUT2D eigenvalue weighted by molar-refractivity contribution is 7.99. The molecular weight excluding hydrogens is 751 g/mol. The minimum atomic E-state index is -1.47. The molecule has 10 rings (SSSR count). The van der Waals surface area contributed by atoms with Gasteiger partial charge in [-0.15, -0.1) is 11.8 Å². The highest BCUT2D eigenvalue weighted by Gasteiger charge is 2.59. The van der Waals surface area contributed by atoms with Gasteiger partial charge in [0.1, 0.15) is 29.7 Å². The van der Waals surface area contributed by atoms with Crippen LogP contribution in [0.25, 0.3) is 11.0 Å². The lowest BCUT2D eigenvalue weighted by Crippen LogP contribution is -2.62. The van der Waals surface area contributed by atoms with Crippen LogP contribution in [0.5, 0.6) is 28.7 Å². The van der Waals surface area contributed by atoms with E-state index in [9.17, 15) is 15.2 Å². The second-order valence-corrected chi connectivity index (χ2v) is 16.9. The first-order chi connectivity index (χ1) is 27.4. The number of ether oxygens (including phenoxy) is 5. The second kappa shape index (κ2) is 13.8. The Morgan fingerprint density at radius 1 is 1.14 bits per heavy atom. The molecule has 14 nitrogen and oxygen atoms in total.